The maximum Gasteiger partial charge on any atom is 0.247 e. The molecule has 0 saturated carbocycles. The van der Waals surface area contributed by atoms with E-state index in [1.54, 1.807) is 0 Å². The van der Waals surface area contributed by atoms with Crippen LogP contribution in [0.15, 0.2) is 17.3 Å². The van der Waals surface area contributed by atoms with E-state index in [0.29, 0.717) is 18.2 Å². The quantitative estimate of drug-likeness (QED) is 0.686. The van der Waals surface area contributed by atoms with Crippen LogP contribution in [0.4, 0.5) is 0 Å². The summed E-state index contributed by atoms with van der Waals surface area (Å²) in [6.07, 6.45) is 3.66. The summed E-state index contributed by atoms with van der Waals surface area (Å²) in [5, 5.41) is 2.90. The number of alkyl halides is 1. The second kappa shape index (κ2) is 6.45. The first-order valence-electron chi connectivity index (χ1n) is 6.13. The molecule has 0 spiro atoms. The summed E-state index contributed by atoms with van der Waals surface area (Å²) in [4.78, 5) is -0.00633. The third-order valence-corrected chi connectivity index (χ3v) is 7.87. The van der Waals surface area contributed by atoms with Crippen molar-refractivity contribution < 1.29 is 16.8 Å². The van der Waals surface area contributed by atoms with Gasteiger partial charge in [0.2, 0.25) is 10.0 Å². The number of sulfonamides is 1. The Kier molecular flexibility index (Phi) is 5.24. The summed E-state index contributed by atoms with van der Waals surface area (Å²) in [5.74, 6) is 1.13. The third kappa shape index (κ3) is 3.73. The molecule has 1 fully saturated rings. The van der Waals surface area contributed by atoms with Crippen LogP contribution in [0.5, 0.6) is 0 Å². The number of hydrogen-bond donors (Lipinski definition) is 0. The molecule has 0 N–H and O–H groups in total. The molecule has 0 aliphatic carbocycles. The molecule has 1 saturated heterocycles. The van der Waals surface area contributed by atoms with Gasteiger partial charge in [0.25, 0.3) is 0 Å². The average molecular weight is 374 g/mol. The minimum atomic E-state index is -3.88. The number of rotatable bonds is 5. The van der Waals surface area contributed by atoms with Crippen LogP contribution in [0.2, 0.25) is 0 Å². The van der Waals surface area contributed by atoms with E-state index < -0.39 is 25.2 Å². The zero-order valence-electron chi connectivity index (χ0n) is 11.3. The van der Waals surface area contributed by atoms with Crippen molar-refractivity contribution in [1.29, 1.82) is 0 Å². The van der Waals surface area contributed by atoms with Crippen LogP contribution in [0, 0.1) is 0 Å². The van der Waals surface area contributed by atoms with Crippen molar-refractivity contribution in [3.05, 3.63) is 12.4 Å². The molecule has 21 heavy (non-hydrogen) atoms. The van der Waals surface area contributed by atoms with Crippen molar-refractivity contribution in [2.75, 3.05) is 30.2 Å². The molecule has 11 heteroatoms. The number of halogens is 1. The summed E-state index contributed by atoms with van der Waals surface area (Å²) >= 11 is 7.02. The van der Waals surface area contributed by atoms with E-state index in [-0.39, 0.29) is 17.2 Å². The molecule has 0 radical (unpaired) electrons. The molecule has 0 aromatic carbocycles. The Hall–Kier alpha value is -0.290. The van der Waals surface area contributed by atoms with Crippen molar-refractivity contribution in [2.24, 2.45) is 0 Å². The van der Waals surface area contributed by atoms with Gasteiger partial charge in [0.05, 0.1) is 12.7 Å². The Morgan fingerprint density at radius 2 is 2.14 bits per heavy atom. The fraction of sp³-hybridized carbons (Fsp3) is 0.700. The number of aromatic nitrogens is 2. The maximum absolute atomic E-state index is 12.6. The van der Waals surface area contributed by atoms with Gasteiger partial charge in [-0.25, -0.2) is 16.8 Å². The van der Waals surface area contributed by atoms with Crippen molar-refractivity contribution in [2.45, 2.75) is 16.8 Å². The first-order chi connectivity index (χ1) is 9.76. The second-order valence-electron chi connectivity index (χ2n) is 4.60. The van der Waals surface area contributed by atoms with Crippen molar-refractivity contribution in [1.82, 2.24) is 14.1 Å². The molecular formula is C10H16ClN3O4S3. The van der Waals surface area contributed by atoms with Gasteiger partial charge in [-0.15, -0.1) is 11.6 Å². The van der Waals surface area contributed by atoms with Gasteiger partial charge in [-0.05, 0) is 0 Å². The van der Waals surface area contributed by atoms with Crippen LogP contribution >= 0.6 is 23.4 Å². The molecule has 2 heterocycles. The van der Waals surface area contributed by atoms with Crippen molar-refractivity contribution in [3.8, 4) is 0 Å². The number of hydrogen-bond acceptors (Lipinski definition) is 6. The second-order valence-corrected chi connectivity index (χ2v) is 10.2. The summed E-state index contributed by atoms with van der Waals surface area (Å²) in [5.41, 5.74) is 0. The predicted octanol–water partition coefficient (Wildman–Crippen LogP) is 0.230. The Morgan fingerprint density at radius 1 is 1.43 bits per heavy atom. The van der Waals surface area contributed by atoms with Gasteiger partial charge >= 0.3 is 0 Å². The lowest BCUT2D eigenvalue weighted by Crippen LogP contribution is -2.49. The molecular weight excluding hydrogens is 358 g/mol. The summed E-state index contributed by atoms with van der Waals surface area (Å²) < 4.78 is 51.4. The van der Waals surface area contributed by atoms with Crippen LogP contribution in [0.3, 0.4) is 0 Å². The van der Waals surface area contributed by atoms with Gasteiger partial charge in [0.15, 0.2) is 9.84 Å². The van der Waals surface area contributed by atoms with E-state index in [4.69, 9.17) is 11.6 Å². The van der Waals surface area contributed by atoms with Crippen LogP contribution in [-0.4, -0.2) is 66.5 Å². The fourth-order valence-electron chi connectivity index (χ4n) is 2.00. The van der Waals surface area contributed by atoms with Gasteiger partial charge in [0.1, 0.15) is 10.3 Å². The molecule has 120 valence electrons. The topological polar surface area (TPSA) is 89.3 Å². The molecule has 7 nitrogen and oxygen atoms in total. The first-order valence-corrected chi connectivity index (χ1v) is 11.2. The van der Waals surface area contributed by atoms with Crippen LogP contribution in [0.1, 0.15) is 0 Å². The molecule has 1 aromatic heterocycles. The summed E-state index contributed by atoms with van der Waals surface area (Å²) in [7, 11) is -7.37. The lowest BCUT2D eigenvalue weighted by molar-refractivity contribution is 0.405. The lowest BCUT2D eigenvalue weighted by Gasteiger charge is -2.32. The van der Waals surface area contributed by atoms with Gasteiger partial charge in [-0.1, -0.05) is 0 Å². The summed E-state index contributed by atoms with van der Waals surface area (Å²) in [6, 6.07) is 0. The van der Waals surface area contributed by atoms with Gasteiger partial charge in [-0.3, -0.25) is 4.68 Å². The molecule has 1 aliphatic rings. The highest BCUT2D eigenvalue weighted by atomic mass is 35.5. The highest BCUT2D eigenvalue weighted by Crippen LogP contribution is 2.26. The minimum absolute atomic E-state index is 0.00633. The zero-order valence-corrected chi connectivity index (χ0v) is 14.6. The minimum Gasteiger partial charge on any atom is -0.270 e. The Morgan fingerprint density at radius 3 is 2.76 bits per heavy atom. The van der Waals surface area contributed by atoms with Crippen LogP contribution < -0.4 is 0 Å². The SMILES string of the molecule is CS(=O)(=O)C1CSCCN1S(=O)(=O)c1cnn(CCCl)c1. The highest BCUT2D eigenvalue weighted by molar-refractivity contribution is 8.01. The van der Waals surface area contributed by atoms with Crippen LogP contribution in [0.25, 0.3) is 0 Å². The largest absolute Gasteiger partial charge is 0.270 e. The Balaban J connectivity index is 2.36. The van der Waals surface area contributed by atoms with Gasteiger partial charge in [0, 0.05) is 36.4 Å². The van der Waals surface area contributed by atoms with E-state index >= 15 is 0 Å². The first kappa shape index (κ1) is 17.1. The normalized spacial score (nSPS) is 21.5. The molecule has 1 atom stereocenters. The fourth-order valence-corrected chi connectivity index (χ4v) is 7.30. The molecule has 0 amide bonds. The number of sulfone groups is 1. The Labute approximate surface area is 133 Å². The summed E-state index contributed by atoms with van der Waals surface area (Å²) in [6.45, 7) is 0.563. The van der Waals surface area contributed by atoms with Gasteiger partial charge in [-0.2, -0.15) is 21.2 Å². The van der Waals surface area contributed by atoms with E-state index in [2.05, 4.69) is 5.10 Å². The Bertz CT molecular complexity index is 701. The van der Waals surface area contributed by atoms with Crippen LogP contribution in [-0.2, 0) is 26.4 Å². The standard InChI is InChI=1S/C10H16ClN3O4S3/c1-20(15,16)10-8-19-5-4-14(10)21(17,18)9-6-12-13(7-9)3-2-11/h6-7,10H,2-5,8H2,1H3. The lowest BCUT2D eigenvalue weighted by atomic mass is 10.6. The predicted molar refractivity (Wildman–Crippen MR) is 82.8 cm³/mol. The third-order valence-electron chi connectivity index (χ3n) is 3.06. The number of aryl methyl sites for hydroxylation is 1. The molecule has 1 aliphatic heterocycles. The molecule has 1 unspecified atom stereocenters. The van der Waals surface area contributed by atoms with E-state index in [1.807, 2.05) is 0 Å². The van der Waals surface area contributed by atoms with Crippen molar-refractivity contribution in [3.63, 3.8) is 0 Å². The van der Waals surface area contributed by atoms with Crippen molar-refractivity contribution >= 4 is 43.2 Å². The number of thioether (sulfide) groups is 1. The maximum atomic E-state index is 12.6. The number of nitrogens with zero attached hydrogens (tertiary/aromatic N) is 3. The van der Waals surface area contributed by atoms with Gasteiger partial charge < -0.3 is 0 Å². The monoisotopic (exact) mass is 373 g/mol. The smallest absolute Gasteiger partial charge is 0.247 e. The molecule has 1 aromatic rings. The molecule has 2 rings (SSSR count). The van der Waals surface area contributed by atoms with E-state index in [1.165, 1.54) is 28.8 Å². The average Bonchev–Trinajstić information content (AvgIpc) is 2.87. The van der Waals surface area contributed by atoms with E-state index in [0.717, 1.165) is 10.6 Å². The molecule has 0 bridgehead atoms. The zero-order chi connectivity index (χ0) is 15.7. The highest BCUT2D eigenvalue weighted by Gasteiger charge is 2.39. The van der Waals surface area contributed by atoms with E-state index in [9.17, 15) is 16.8 Å².